The first-order valence-corrected chi connectivity index (χ1v) is 4.24. The highest BCUT2D eigenvalue weighted by Crippen LogP contribution is 2.34. The third-order valence-electron chi connectivity index (χ3n) is 1.34. The topological polar surface area (TPSA) is 12.4 Å². The Labute approximate surface area is 60.9 Å². The molecule has 1 nitrogen and oxygen atoms in total. The van der Waals surface area contributed by atoms with Crippen LogP contribution in [-0.4, -0.2) is 16.3 Å². The summed E-state index contributed by atoms with van der Waals surface area (Å²) in [6.07, 6.45) is 3.22. The molecule has 0 aliphatic carbocycles. The van der Waals surface area contributed by atoms with E-state index in [1.807, 2.05) is 11.8 Å². The third-order valence-corrected chi connectivity index (χ3v) is 2.78. The van der Waals surface area contributed by atoms with Gasteiger partial charge in [0.2, 0.25) is 0 Å². The van der Waals surface area contributed by atoms with Gasteiger partial charge in [0.1, 0.15) is 0 Å². The molecule has 0 spiro atoms. The average molecular weight is 143 g/mol. The van der Waals surface area contributed by atoms with E-state index < -0.39 is 0 Å². The van der Waals surface area contributed by atoms with E-state index in [0.717, 1.165) is 6.42 Å². The molecule has 0 aromatic heterocycles. The maximum Gasteiger partial charge on any atom is 0.0954 e. The van der Waals surface area contributed by atoms with Crippen molar-refractivity contribution in [1.29, 1.82) is 0 Å². The van der Waals surface area contributed by atoms with Crippen LogP contribution in [0.15, 0.2) is 4.99 Å². The van der Waals surface area contributed by atoms with Gasteiger partial charge in [-0.2, -0.15) is 0 Å². The summed E-state index contributed by atoms with van der Waals surface area (Å²) in [5, 5.41) is 0.528. The lowest BCUT2D eigenvalue weighted by Gasteiger charge is -2.13. The minimum absolute atomic E-state index is 0.292. The molecule has 0 aromatic carbocycles. The van der Waals surface area contributed by atoms with Crippen molar-refractivity contribution in [2.24, 2.45) is 4.99 Å². The van der Waals surface area contributed by atoms with E-state index in [1.54, 1.807) is 0 Å². The summed E-state index contributed by atoms with van der Waals surface area (Å²) in [7, 11) is 0. The fourth-order valence-corrected chi connectivity index (χ4v) is 1.97. The van der Waals surface area contributed by atoms with Crippen molar-refractivity contribution in [3.05, 3.63) is 0 Å². The summed E-state index contributed by atoms with van der Waals surface area (Å²) in [5.41, 5.74) is 0. The Kier molecular flexibility index (Phi) is 1.85. The number of hydrogen-bond donors (Lipinski definition) is 0. The Bertz CT molecular complexity index is 129. The second kappa shape index (κ2) is 2.33. The lowest BCUT2D eigenvalue weighted by atomic mass is 10.2. The zero-order chi connectivity index (χ0) is 6.91. The highest BCUT2D eigenvalue weighted by atomic mass is 32.2. The van der Waals surface area contributed by atoms with E-state index >= 15 is 0 Å². The van der Waals surface area contributed by atoms with Crippen molar-refractivity contribution in [3.63, 3.8) is 0 Å². The summed E-state index contributed by atoms with van der Waals surface area (Å²) in [6, 6.07) is 0. The zero-order valence-corrected chi connectivity index (χ0v) is 7.03. The zero-order valence-electron chi connectivity index (χ0n) is 6.22. The smallest absolute Gasteiger partial charge is 0.0954 e. The fraction of sp³-hybridized carbons (Fsp3) is 0.857. The van der Waals surface area contributed by atoms with Gasteiger partial charge in [0.25, 0.3) is 0 Å². The fourth-order valence-electron chi connectivity index (χ4n) is 0.863. The predicted octanol–water partition coefficient (Wildman–Crippen LogP) is 2.32. The number of thioether (sulfide) groups is 1. The first-order chi connectivity index (χ1) is 4.14. The quantitative estimate of drug-likeness (QED) is 0.548. The monoisotopic (exact) mass is 143 g/mol. The molecule has 1 unspecified atom stereocenters. The lowest BCUT2D eigenvalue weighted by Crippen LogP contribution is -2.12. The first kappa shape index (κ1) is 7.13. The number of rotatable bonds is 1. The van der Waals surface area contributed by atoms with Gasteiger partial charge >= 0.3 is 0 Å². The van der Waals surface area contributed by atoms with Crippen molar-refractivity contribution in [1.82, 2.24) is 0 Å². The maximum absolute atomic E-state index is 4.34. The van der Waals surface area contributed by atoms with Crippen LogP contribution in [0.4, 0.5) is 0 Å². The molecule has 1 rings (SSSR count). The standard InChI is InChI=1S/C7H13NS/c1-4-6-8-5-7(2,3)9-6/h5-6H,4H2,1-3H3. The van der Waals surface area contributed by atoms with Gasteiger partial charge in [0, 0.05) is 11.0 Å². The molecule has 2 heteroatoms. The van der Waals surface area contributed by atoms with Gasteiger partial charge in [-0.15, -0.1) is 11.8 Å². The van der Waals surface area contributed by atoms with Gasteiger partial charge in [0.15, 0.2) is 0 Å². The normalized spacial score (nSPS) is 31.2. The van der Waals surface area contributed by atoms with Gasteiger partial charge in [0.05, 0.1) is 5.37 Å². The number of hydrogen-bond acceptors (Lipinski definition) is 2. The molecule has 0 amide bonds. The molecule has 0 N–H and O–H groups in total. The van der Waals surface area contributed by atoms with Gasteiger partial charge in [-0.05, 0) is 20.3 Å². The van der Waals surface area contributed by atoms with Gasteiger partial charge < -0.3 is 0 Å². The van der Waals surface area contributed by atoms with Gasteiger partial charge in [-0.3, -0.25) is 4.99 Å². The van der Waals surface area contributed by atoms with Crippen molar-refractivity contribution in [2.45, 2.75) is 37.3 Å². The summed E-state index contributed by atoms with van der Waals surface area (Å²) in [6.45, 7) is 6.59. The highest BCUT2D eigenvalue weighted by Gasteiger charge is 2.25. The SMILES string of the molecule is CCC1N=CC(C)(C)S1. The molecule has 1 heterocycles. The Morgan fingerprint density at radius 3 is 2.56 bits per heavy atom. The second-order valence-corrected chi connectivity index (χ2v) is 4.69. The van der Waals surface area contributed by atoms with Crippen LogP contribution in [0.2, 0.25) is 0 Å². The highest BCUT2D eigenvalue weighted by molar-refractivity contribution is 8.02. The molecular weight excluding hydrogens is 130 g/mol. The number of aliphatic imine (C=N–C) groups is 1. The van der Waals surface area contributed by atoms with Crippen LogP contribution < -0.4 is 0 Å². The lowest BCUT2D eigenvalue weighted by molar-refractivity contribution is 0.882. The van der Waals surface area contributed by atoms with Crippen LogP contribution >= 0.6 is 11.8 Å². The largest absolute Gasteiger partial charge is 0.282 e. The maximum atomic E-state index is 4.34. The molecule has 0 radical (unpaired) electrons. The molecule has 1 aliphatic heterocycles. The van der Waals surface area contributed by atoms with E-state index in [-0.39, 0.29) is 0 Å². The number of nitrogens with zero attached hydrogens (tertiary/aromatic N) is 1. The summed E-state index contributed by atoms with van der Waals surface area (Å²) < 4.78 is 0.292. The van der Waals surface area contributed by atoms with Gasteiger partial charge in [-0.1, -0.05) is 6.92 Å². The minimum Gasteiger partial charge on any atom is -0.282 e. The van der Waals surface area contributed by atoms with Crippen LogP contribution in [0.25, 0.3) is 0 Å². The van der Waals surface area contributed by atoms with Crippen molar-refractivity contribution < 1.29 is 0 Å². The van der Waals surface area contributed by atoms with Crippen molar-refractivity contribution >= 4 is 18.0 Å². The van der Waals surface area contributed by atoms with E-state index in [2.05, 4.69) is 32.0 Å². The molecule has 0 bridgehead atoms. The average Bonchev–Trinajstić information content (AvgIpc) is 2.10. The predicted molar refractivity (Wildman–Crippen MR) is 44.2 cm³/mol. The molecule has 9 heavy (non-hydrogen) atoms. The van der Waals surface area contributed by atoms with Crippen LogP contribution in [0.3, 0.4) is 0 Å². The van der Waals surface area contributed by atoms with E-state index in [1.165, 1.54) is 0 Å². The van der Waals surface area contributed by atoms with Crippen molar-refractivity contribution in [2.75, 3.05) is 0 Å². The van der Waals surface area contributed by atoms with Crippen LogP contribution in [0, 0.1) is 0 Å². The third kappa shape index (κ3) is 1.71. The molecule has 0 aromatic rings. The van der Waals surface area contributed by atoms with Gasteiger partial charge in [-0.25, -0.2) is 0 Å². The van der Waals surface area contributed by atoms with Crippen LogP contribution in [0.5, 0.6) is 0 Å². The molecular formula is C7H13NS. The molecule has 0 saturated carbocycles. The Morgan fingerprint density at radius 2 is 2.33 bits per heavy atom. The van der Waals surface area contributed by atoms with Crippen LogP contribution in [0.1, 0.15) is 27.2 Å². The van der Waals surface area contributed by atoms with E-state index in [0.29, 0.717) is 10.1 Å². The molecule has 1 aliphatic rings. The van der Waals surface area contributed by atoms with Crippen LogP contribution in [-0.2, 0) is 0 Å². The Hall–Kier alpha value is 0.0200. The molecule has 0 saturated heterocycles. The summed E-state index contributed by atoms with van der Waals surface area (Å²) in [4.78, 5) is 4.34. The summed E-state index contributed by atoms with van der Waals surface area (Å²) in [5.74, 6) is 0. The summed E-state index contributed by atoms with van der Waals surface area (Å²) >= 11 is 1.95. The van der Waals surface area contributed by atoms with E-state index in [4.69, 9.17) is 0 Å². The Balaban J connectivity index is 2.50. The molecule has 52 valence electrons. The molecule has 1 atom stereocenters. The molecule has 0 fully saturated rings. The Morgan fingerprint density at radius 1 is 1.67 bits per heavy atom. The van der Waals surface area contributed by atoms with E-state index in [9.17, 15) is 0 Å². The second-order valence-electron chi connectivity index (χ2n) is 2.86. The first-order valence-electron chi connectivity index (χ1n) is 3.36. The minimum atomic E-state index is 0.292. The van der Waals surface area contributed by atoms with Crippen molar-refractivity contribution in [3.8, 4) is 0 Å².